The van der Waals surface area contributed by atoms with Gasteiger partial charge in [-0.15, -0.1) is 6.42 Å². The van der Waals surface area contributed by atoms with E-state index in [1.54, 1.807) is 18.3 Å². The van der Waals surface area contributed by atoms with Crippen LogP contribution in [0.25, 0.3) is 32.9 Å². The second kappa shape index (κ2) is 15.6. The van der Waals surface area contributed by atoms with Gasteiger partial charge in [0.1, 0.15) is 53.8 Å². The maximum Gasteiger partial charge on any atom is 0.319 e. The molecule has 5 unspecified atom stereocenters. The minimum absolute atomic E-state index is 0.0856. The number of benzene rings is 3. The Morgan fingerprint density at radius 1 is 0.868 bits per heavy atom. The van der Waals surface area contributed by atoms with Gasteiger partial charge in [-0.05, 0) is 55.5 Å². The molecule has 7 fully saturated rings. The topological polar surface area (TPSA) is 144 Å². The van der Waals surface area contributed by atoms with Crippen LogP contribution in [-0.2, 0) is 16.1 Å². The lowest BCUT2D eigenvalue weighted by Crippen LogP contribution is -2.71. The molecular formula is C52H52FN10O5+. The molecule has 0 aliphatic carbocycles. The number of rotatable bonds is 10. The van der Waals surface area contributed by atoms with Gasteiger partial charge < -0.3 is 14.1 Å². The Labute approximate surface area is 392 Å². The maximum absolute atomic E-state index is 17.2. The number of nitrogens with zero attached hydrogens (tertiary/aromatic N) is 9. The molecule has 7 atom stereocenters. The SMILES string of the molecule is C#Cc1cccc2cccc(-c3ncc4c(N5CC6CC7C8CC(C5)[N+]678)nc(OC[C@@H]5CC[C@H](CN6CCN(Cc7ccc8c(c7)C(=O)N(C7CCC(=O)NC7=O)C8=O)CC6)N5C)nc4c3F)c12. The molecular weight excluding hydrogens is 864 g/mol. The largest absolute Gasteiger partial charge is 0.462 e. The summed E-state index contributed by atoms with van der Waals surface area (Å²) in [5, 5.41) is 4.55. The molecule has 16 heteroatoms. The number of halogens is 1. The van der Waals surface area contributed by atoms with E-state index in [1.807, 2.05) is 42.5 Å². The van der Waals surface area contributed by atoms with Crippen molar-refractivity contribution < 1.29 is 32.8 Å². The molecule has 346 valence electrons. The molecule has 8 aliphatic heterocycles. The Kier molecular flexibility index (Phi) is 9.57. The highest BCUT2D eigenvalue weighted by atomic mass is 19.1. The van der Waals surface area contributed by atoms with Crippen molar-refractivity contribution in [1.82, 2.24) is 39.9 Å². The van der Waals surface area contributed by atoms with Crippen LogP contribution >= 0.6 is 0 Å². The molecule has 2 aromatic heterocycles. The van der Waals surface area contributed by atoms with Gasteiger partial charge in [0.05, 0.1) is 42.4 Å². The number of likely N-dealkylation sites (tertiary alicyclic amines) is 1. The fourth-order valence-corrected chi connectivity index (χ4v) is 13.6. The number of hydrogen-bond acceptors (Lipinski definition) is 12. The first-order chi connectivity index (χ1) is 33.1. The van der Waals surface area contributed by atoms with Crippen molar-refractivity contribution in [3.63, 3.8) is 0 Å². The van der Waals surface area contributed by atoms with Crippen LogP contribution in [0.4, 0.5) is 10.2 Å². The van der Waals surface area contributed by atoms with E-state index in [9.17, 15) is 19.2 Å². The second-order valence-electron chi connectivity index (χ2n) is 20.3. The molecule has 1 spiro atoms. The number of quaternary nitrogens is 1. The smallest absolute Gasteiger partial charge is 0.319 e. The minimum Gasteiger partial charge on any atom is -0.462 e. The number of piperazine rings is 2. The molecule has 0 bridgehead atoms. The molecule has 4 amide bonds. The van der Waals surface area contributed by atoms with E-state index in [0.29, 0.717) is 64.7 Å². The van der Waals surface area contributed by atoms with Crippen LogP contribution in [0, 0.1) is 18.2 Å². The summed E-state index contributed by atoms with van der Waals surface area (Å²) in [6.45, 7) is 7.24. The van der Waals surface area contributed by atoms with E-state index in [4.69, 9.17) is 26.1 Å². The summed E-state index contributed by atoms with van der Waals surface area (Å²) >= 11 is 0. The molecule has 5 aromatic rings. The normalized spacial score (nSPS) is 29.9. The number of amides is 4. The highest BCUT2D eigenvalue weighted by Crippen LogP contribution is 2.69. The number of aromatic nitrogens is 3. The predicted molar refractivity (Wildman–Crippen MR) is 250 cm³/mol. The lowest BCUT2D eigenvalue weighted by Gasteiger charge is -2.54. The van der Waals surface area contributed by atoms with Crippen molar-refractivity contribution in [2.45, 2.75) is 87.4 Å². The van der Waals surface area contributed by atoms with Gasteiger partial charge in [-0.3, -0.25) is 49.1 Å². The zero-order valence-electron chi connectivity index (χ0n) is 37.9. The Morgan fingerprint density at radius 2 is 1.60 bits per heavy atom. The summed E-state index contributed by atoms with van der Waals surface area (Å²) in [5.41, 5.74) is 3.25. The molecule has 1 N–H and O–H groups in total. The van der Waals surface area contributed by atoms with Gasteiger partial charge in [-0.2, -0.15) is 9.97 Å². The van der Waals surface area contributed by atoms with Gasteiger partial charge in [0, 0.05) is 80.5 Å². The number of anilines is 1. The Morgan fingerprint density at radius 3 is 2.35 bits per heavy atom. The van der Waals surface area contributed by atoms with Gasteiger partial charge in [0.15, 0.2) is 5.82 Å². The third-order valence-electron chi connectivity index (χ3n) is 17.2. The quantitative estimate of drug-likeness (QED) is 0.0938. The van der Waals surface area contributed by atoms with Crippen molar-refractivity contribution in [3.8, 4) is 29.6 Å². The fourth-order valence-electron chi connectivity index (χ4n) is 13.6. The number of terminal acetylenes is 1. The van der Waals surface area contributed by atoms with E-state index in [0.717, 1.165) is 92.0 Å². The second-order valence-corrected chi connectivity index (χ2v) is 20.3. The molecule has 7 saturated heterocycles. The highest BCUT2D eigenvalue weighted by Gasteiger charge is 2.88. The summed E-state index contributed by atoms with van der Waals surface area (Å²) in [4.78, 5) is 76.1. The number of ether oxygens (including phenoxy) is 1. The minimum atomic E-state index is -0.982. The van der Waals surface area contributed by atoms with E-state index in [1.165, 1.54) is 17.3 Å². The number of imide groups is 2. The zero-order valence-corrected chi connectivity index (χ0v) is 37.9. The van der Waals surface area contributed by atoms with Crippen LogP contribution in [-0.4, -0.2) is 164 Å². The van der Waals surface area contributed by atoms with Crippen molar-refractivity contribution >= 4 is 51.1 Å². The summed E-state index contributed by atoms with van der Waals surface area (Å²) in [6.07, 6.45) is 12.4. The predicted octanol–water partition coefficient (Wildman–Crippen LogP) is 3.96. The first-order valence-corrected chi connectivity index (χ1v) is 24.2. The van der Waals surface area contributed by atoms with Crippen molar-refractivity contribution in [2.75, 3.05) is 64.4 Å². The third kappa shape index (κ3) is 6.28. The van der Waals surface area contributed by atoms with Crippen LogP contribution in [0.1, 0.15) is 70.4 Å². The third-order valence-corrected chi connectivity index (χ3v) is 17.2. The van der Waals surface area contributed by atoms with Crippen molar-refractivity contribution in [3.05, 3.63) is 88.9 Å². The van der Waals surface area contributed by atoms with Crippen molar-refractivity contribution in [1.29, 1.82) is 0 Å². The number of fused-ring (bicyclic) bond motifs is 4. The lowest BCUT2D eigenvalue weighted by molar-refractivity contribution is -0.942. The summed E-state index contributed by atoms with van der Waals surface area (Å²) < 4.78 is 25.0. The Bertz CT molecular complexity index is 3030. The average molecular weight is 916 g/mol. The summed E-state index contributed by atoms with van der Waals surface area (Å²) in [5.74, 6) is 0.984. The van der Waals surface area contributed by atoms with Crippen LogP contribution in [0.15, 0.2) is 60.8 Å². The lowest BCUT2D eigenvalue weighted by atomic mass is 9.93. The molecule has 0 saturated carbocycles. The number of carbonyl (C=O) groups is 4. The van der Waals surface area contributed by atoms with Crippen LogP contribution < -0.4 is 15.0 Å². The molecule has 68 heavy (non-hydrogen) atoms. The van der Waals surface area contributed by atoms with Gasteiger partial charge >= 0.3 is 6.01 Å². The van der Waals surface area contributed by atoms with Gasteiger partial charge in [0.25, 0.3) is 11.8 Å². The van der Waals surface area contributed by atoms with Crippen LogP contribution in [0.2, 0.25) is 0 Å². The summed E-state index contributed by atoms with van der Waals surface area (Å²) in [7, 11) is 2.17. The van der Waals surface area contributed by atoms with Crippen LogP contribution in [0.3, 0.4) is 0 Å². The molecule has 10 heterocycles. The number of carbonyl (C=O) groups excluding carboxylic acids is 4. The van der Waals surface area contributed by atoms with E-state index in [2.05, 4.69) is 37.9 Å². The van der Waals surface area contributed by atoms with Gasteiger partial charge in [0.2, 0.25) is 11.8 Å². The Balaban J connectivity index is 0.677. The first-order valence-electron chi connectivity index (χ1n) is 24.2. The highest BCUT2D eigenvalue weighted by molar-refractivity contribution is 6.23. The van der Waals surface area contributed by atoms with Gasteiger partial charge in [-0.1, -0.05) is 42.3 Å². The maximum atomic E-state index is 17.2. The number of piperidine rings is 1. The average Bonchev–Trinajstić information content (AvgIpc) is 3.59. The zero-order chi connectivity index (χ0) is 46.2. The monoisotopic (exact) mass is 915 g/mol. The van der Waals surface area contributed by atoms with E-state index in [-0.39, 0.29) is 36.1 Å². The number of likely N-dealkylation sites (N-methyl/N-ethyl adjacent to an activating group) is 1. The summed E-state index contributed by atoms with van der Waals surface area (Å²) in [6, 6.07) is 19.5. The first kappa shape index (κ1) is 41.8. The van der Waals surface area contributed by atoms with Gasteiger partial charge in [-0.25, -0.2) is 4.39 Å². The molecule has 15 nitrogen and oxygen atoms in total. The molecule has 8 aliphatic rings. The molecule has 3 aromatic carbocycles. The number of hydrogen-bond donors (Lipinski definition) is 1. The van der Waals surface area contributed by atoms with Crippen LogP contribution in [0.5, 0.6) is 6.01 Å². The molecule has 0 radical (unpaired) electrons. The number of nitrogens with one attached hydrogen (secondary N) is 1. The Hall–Kier alpha value is -6.38. The molecule has 13 rings (SSSR count). The number of pyridine rings is 1. The fraction of sp³-hybridized carbons (Fsp3) is 0.442. The van der Waals surface area contributed by atoms with Crippen molar-refractivity contribution in [2.24, 2.45) is 0 Å². The standard InChI is InChI=1S/C52H51FN10O5/c1-3-30-6-4-7-31-8-5-9-37(44(30)31)46-45(53)47-39(23-54-46)48(61-26-34-21-41-42-22-35(27-61)63(34,41)42)57-52(56-47)68-28-33-12-11-32(58(33)2)25-60-18-16-59(17-19-60)24-29-10-13-36-38(20-29)51(67)62(50(36)66)40-14-15-43(64)55-49(40)65/h1,4-10,13,20,23,32-35,40-42H,11-12,14-19,21-22,24-28H2,2H3/p+1/t32-,33+,34?,35?,40?,41?,42?,63?/m1/s1. The van der Waals surface area contributed by atoms with E-state index < -0.39 is 35.5 Å². The van der Waals surface area contributed by atoms with E-state index >= 15 is 4.39 Å².